The highest BCUT2D eigenvalue weighted by atomic mass is 32.2. The largest absolute Gasteiger partial charge is 0.340 e. The van der Waals surface area contributed by atoms with E-state index in [-0.39, 0.29) is 17.4 Å². The van der Waals surface area contributed by atoms with Crippen LogP contribution >= 0.6 is 0 Å². The smallest absolute Gasteiger partial charge is 0.237 e. The average Bonchev–Trinajstić information content (AvgIpc) is 2.83. The molecule has 0 spiro atoms. The van der Waals surface area contributed by atoms with Gasteiger partial charge in [-0.1, -0.05) is 6.92 Å². The van der Waals surface area contributed by atoms with Crippen molar-refractivity contribution in [1.29, 1.82) is 0 Å². The fraction of sp³-hybridized carbons (Fsp3) is 0.733. The summed E-state index contributed by atoms with van der Waals surface area (Å²) < 4.78 is 25.3. The van der Waals surface area contributed by atoms with Crippen LogP contribution in [0.15, 0.2) is 12.4 Å². The second-order valence-corrected chi connectivity index (χ2v) is 8.17. The van der Waals surface area contributed by atoms with E-state index in [2.05, 4.69) is 21.4 Å². The summed E-state index contributed by atoms with van der Waals surface area (Å²) in [6.45, 7) is 8.14. The first-order chi connectivity index (χ1) is 10.9. The van der Waals surface area contributed by atoms with Crippen LogP contribution in [-0.4, -0.2) is 71.4 Å². The average molecular weight is 342 g/mol. The number of carbonyl (C=O) groups is 1. The van der Waals surface area contributed by atoms with Crippen LogP contribution in [0.2, 0.25) is 0 Å². The molecule has 1 amide bonds. The molecule has 1 fully saturated rings. The van der Waals surface area contributed by atoms with E-state index in [1.54, 1.807) is 11.8 Å². The quantitative estimate of drug-likeness (QED) is 0.747. The summed E-state index contributed by atoms with van der Waals surface area (Å²) in [4.78, 5) is 20.5. The van der Waals surface area contributed by atoms with Gasteiger partial charge in [0.15, 0.2) is 9.84 Å². The summed E-state index contributed by atoms with van der Waals surface area (Å²) in [5.74, 6) is 0.395. The Bertz CT molecular complexity index is 626. The first-order valence-corrected chi connectivity index (χ1v) is 9.98. The molecule has 0 aliphatic carbocycles. The zero-order valence-electron chi connectivity index (χ0n) is 13.9. The minimum absolute atomic E-state index is 0.0123. The summed E-state index contributed by atoms with van der Waals surface area (Å²) in [6, 6.07) is 0. The van der Waals surface area contributed by atoms with Crippen molar-refractivity contribution >= 4 is 15.7 Å². The van der Waals surface area contributed by atoms with Crippen LogP contribution in [0.1, 0.15) is 26.1 Å². The Morgan fingerprint density at radius 2 is 2.00 bits per heavy atom. The molecular formula is C15H26N4O3S. The zero-order valence-corrected chi connectivity index (χ0v) is 14.8. The third-order valence-electron chi connectivity index (χ3n) is 4.23. The molecule has 7 nitrogen and oxygen atoms in total. The van der Waals surface area contributed by atoms with Gasteiger partial charge in [-0.25, -0.2) is 13.4 Å². The Balaban J connectivity index is 1.90. The van der Waals surface area contributed by atoms with Crippen LogP contribution in [0.3, 0.4) is 0 Å². The van der Waals surface area contributed by atoms with E-state index >= 15 is 0 Å². The Kier molecular flexibility index (Phi) is 6.17. The molecule has 0 atom stereocenters. The van der Waals surface area contributed by atoms with Crippen molar-refractivity contribution in [2.45, 2.75) is 33.4 Å². The molecule has 23 heavy (non-hydrogen) atoms. The van der Waals surface area contributed by atoms with Crippen LogP contribution in [0.5, 0.6) is 0 Å². The summed E-state index contributed by atoms with van der Waals surface area (Å²) >= 11 is 0. The molecule has 1 saturated heterocycles. The van der Waals surface area contributed by atoms with Gasteiger partial charge in [0.25, 0.3) is 0 Å². The fourth-order valence-electron chi connectivity index (χ4n) is 2.74. The molecule has 8 heteroatoms. The van der Waals surface area contributed by atoms with E-state index in [1.165, 1.54) is 0 Å². The molecule has 1 aliphatic rings. The third kappa shape index (κ3) is 5.04. The van der Waals surface area contributed by atoms with Gasteiger partial charge in [-0.05, 0) is 13.3 Å². The van der Waals surface area contributed by atoms with Gasteiger partial charge in [0, 0.05) is 50.9 Å². The van der Waals surface area contributed by atoms with Gasteiger partial charge in [0.2, 0.25) is 5.91 Å². The van der Waals surface area contributed by atoms with E-state index in [9.17, 15) is 13.2 Å². The summed E-state index contributed by atoms with van der Waals surface area (Å²) in [7, 11) is -3.26. The first-order valence-electron chi connectivity index (χ1n) is 8.15. The number of aromatic nitrogens is 2. The van der Waals surface area contributed by atoms with Gasteiger partial charge in [0.1, 0.15) is 11.6 Å². The minimum Gasteiger partial charge on any atom is -0.340 e. The van der Waals surface area contributed by atoms with E-state index in [4.69, 9.17) is 0 Å². The number of hydrogen-bond acceptors (Lipinski definition) is 5. The van der Waals surface area contributed by atoms with Crippen molar-refractivity contribution in [2.75, 3.05) is 37.7 Å². The molecule has 2 heterocycles. The van der Waals surface area contributed by atoms with Crippen molar-refractivity contribution in [3.63, 3.8) is 0 Å². The second kappa shape index (κ2) is 7.92. The lowest BCUT2D eigenvalue weighted by atomic mass is 10.3. The molecule has 1 aromatic rings. The van der Waals surface area contributed by atoms with Gasteiger partial charge in [0.05, 0.1) is 6.54 Å². The minimum atomic E-state index is -3.26. The standard InChI is InChI=1S/C15H26N4O3S/c1-3-18-9-6-16-14(18)12-17-7-5-8-19(11-10-17)15(20)13-23(21,22)4-2/h6,9H,3-5,7-8,10-13H2,1-2H3. The number of sulfone groups is 1. The van der Waals surface area contributed by atoms with E-state index in [1.807, 2.05) is 12.4 Å². The van der Waals surface area contributed by atoms with Crippen molar-refractivity contribution in [1.82, 2.24) is 19.4 Å². The predicted molar refractivity (Wildman–Crippen MR) is 88.7 cm³/mol. The van der Waals surface area contributed by atoms with Gasteiger partial charge >= 0.3 is 0 Å². The Morgan fingerprint density at radius 1 is 1.22 bits per heavy atom. The topological polar surface area (TPSA) is 75.5 Å². The molecular weight excluding hydrogens is 316 g/mol. The van der Waals surface area contributed by atoms with Gasteiger partial charge in [-0.15, -0.1) is 0 Å². The van der Waals surface area contributed by atoms with Crippen molar-refractivity contribution < 1.29 is 13.2 Å². The van der Waals surface area contributed by atoms with Crippen LogP contribution in [0.25, 0.3) is 0 Å². The molecule has 0 bridgehead atoms. The van der Waals surface area contributed by atoms with Crippen LogP contribution in [0, 0.1) is 0 Å². The summed E-state index contributed by atoms with van der Waals surface area (Å²) in [5.41, 5.74) is 0. The van der Waals surface area contributed by atoms with Crippen molar-refractivity contribution in [3.8, 4) is 0 Å². The molecule has 0 radical (unpaired) electrons. The maximum Gasteiger partial charge on any atom is 0.237 e. The van der Waals surface area contributed by atoms with Crippen molar-refractivity contribution in [3.05, 3.63) is 18.2 Å². The van der Waals surface area contributed by atoms with Crippen LogP contribution < -0.4 is 0 Å². The van der Waals surface area contributed by atoms with E-state index < -0.39 is 9.84 Å². The van der Waals surface area contributed by atoms with E-state index in [0.717, 1.165) is 38.4 Å². The number of amides is 1. The molecule has 0 unspecified atom stereocenters. The molecule has 0 saturated carbocycles. The van der Waals surface area contributed by atoms with Crippen LogP contribution in [0.4, 0.5) is 0 Å². The molecule has 1 aliphatic heterocycles. The third-order valence-corrected chi connectivity index (χ3v) is 5.80. The lowest BCUT2D eigenvalue weighted by Crippen LogP contribution is -2.38. The molecule has 1 aromatic heterocycles. The number of rotatable bonds is 6. The molecule has 130 valence electrons. The van der Waals surface area contributed by atoms with E-state index in [0.29, 0.717) is 13.1 Å². The molecule has 0 aromatic carbocycles. The molecule has 0 N–H and O–H groups in total. The van der Waals surface area contributed by atoms with Gasteiger partial charge in [-0.2, -0.15) is 0 Å². The lowest BCUT2D eigenvalue weighted by molar-refractivity contribution is -0.128. The molecule has 2 rings (SSSR count). The number of nitrogens with zero attached hydrogens (tertiary/aromatic N) is 4. The number of carbonyl (C=O) groups excluding carboxylic acids is 1. The fourth-order valence-corrected chi connectivity index (χ4v) is 3.50. The van der Waals surface area contributed by atoms with Gasteiger partial charge < -0.3 is 9.47 Å². The summed E-state index contributed by atoms with van der Waals surface area (Å²) in [6.07, 6.45) is 4.63. The van der Waals surface area contributed by atoms with Crippen molar-refractivity contribution in [2.24, 2.45) is 0 Å². The number of hydrogen-bond donors (Lipinski definition) is 0. The number of aryl methyl sites for hydroxylation is 1. The number of imidazole rings is 1. The predicted octanol–water partition coefficient (Wildman–Crippen LogP) is 0.372. The van der Waals surface area contributed by atoms with Gasteiger partial charge in [-0.3, -0.25) is 9.69 Å². The van der Waals surface area contributed by atoms with Crippen LogP contribution in [-0.2, 0) is 27.7 Å². The highest BCUT2D eigenvalue weighted by Crippen LogP contribution is 2.09. The maximum absolute atomic E-state index is 12.2. The zero-order chi connectivity index (χ0) is 16.9. The Hall–Kier alpha value is -1.41. The summed E-state index contributed by atoms with van der Waals surface area (Å²) in [5, 5.41) is 0. The Morgan fingerprint density at radius 3 is 2.70 bits per heavy atom. The SMILES string of the molecule is CCn1ccnc1CN1CCCN(C(=O)CS(=O)(=O)CC)CC1. The highest BCUT2D eigenvalue weighted by molar-refractivity contribution is 7.92. The Labute approximate surface area is 138 Å². The first kappa shape index (κ1) is 17.9. The lowest BCUT2D eigenvalue weighted by Gasteiger charge is -2.22. The normalized spacial score (nSPS) is 17.2. The maximum atomic E-state index is 12.2. The highest BCUT2D eigenvalue weighted by Gasteiger charge is 2.23. The second-order valence-electron chi connectivity index (χ2n) is 5.82. The monoisotopic (exact) mass is 342 g/mol.